The highest BCUT2D eigenvalue weighted by molar-refractivity contribution is 6.46. The highest BCUT2D eigenvalue weighted by Crippen LogP contribution is 2.28. The molecule has 1 N–H and O–H groups in total. The van der Waals surface area contributed by atoms with Gasteiger partial charge in [-0.25, -0.2) is 5.01 Å². The first-order valence-corrected chi connectivity index (χ1v) is 10.3. The van der Waals surface area contributed by atoms with Gasteiger partial charge in [-0.1, -0.05) is 30.3 Å². The lowest BCUT2D eigenvalue weighted by atomic mass is 9.89. The number of amides is 1. The summed E-state index contributed by atoms with van der Waals surface area (Å²) < 4.78 is 0. The van der Waals surface area contributed by atoms with Crippen molar-refractivity contribution in [1.82, 2.24) is 4.98 Å². The van der Waals surface area contributed by atoms with Gasteiger partial charge in [-0.15, -0.1) is 0 Å². The molecule has 4 rings (SSSR count). The van der Waals surface area contributed by atoms with Crippen LogP contribution in [0.5, 0.6) is 0 Å². The molecule has 2 heterocycles. The minimum atomic E-state index is -1.53. The summed E-state index contributed by atoms with van der Waals surface area (Å²) in [7, 11) is 0. The van der Waals surface area contributed by atoms with Gasteiger partial charge in [0.1, 0.15) is 5.71 Å². The largest absolute Gasteiger partial charge is 0.358 e. The zero-order valence-electron chi connectivity index (χ0n) is 18.1. The number of hydrazone groups is 1. The van der Waals surface area contributed by atoms with Crippen LogP contribution < -0.4 is 5.01 Å². The van der Waals surface area contributed by atoms with Crippen LogP contribution in [0.3, 0.4) is 0 Å². The summed E-state index contributed by atoms with van der Waals surface area (Å²) in [5.41, 5.74) is 4.13. The molecular weight excluding hydrogens is 404 g/mol. The minimum Gasteiger partial charge on any atom is -0.358 e. The lowest BCUT2D eigenvalue weighted by Crippen LogP contribution is -2.38. The molecule has 160 valence electrons. The Morgan fingerprint density at radius 3 is 2.59 bits per heavy atom. The van der Waals surface area contributed by atoms with E-state index in [0.29, 0.717) is 22.3 Å². The summed E-state index contributed by atoms with van der Waals surface area (Å²) in [6.07, 6.45) is 0.174. The van der Waals surface area contributed by atoms with Crippen LogP contribution >= 0.6 is 0 Å². The van der Waals surface area contributed by atoms with Crippen molar-refractivity contribution in [2.45, 2.75) is 33.6 Å². The zero-order chi connectivity index (χ0) is 23.0. The van der Waals surface area contributed by atoms with Gasteiger partial charge in [-0.05, 0) is 44.0 Å². The Labute approximate surface area is 185 Å². The van der Waals surface area contributed by atoms with Gasteiger partial charge < -0.3 is 4.98 Å². The quantitative estimate of drug-likeness (QED) is 0.488. The van der Waals surface area contributed by atoms with Crippen molar-refractivity contribution >= 4 is 39.8 Å². The number of hydrogen-bond donors (Lipinski definition) is 1. The van der Waals surface area contributed by atoms with Crippen LogP contribution in [0, 0.1) is 38.0 Å². The maximum atomic E-state index is 13.3. The molecule has 1 aliphatic rings. The summed E-state index contributed by atoms with van der Waals surface area (Å²) in [6.45, 7) is 5.50. The molecule has 0 saturated heterocycles. The van der Waals surface area contributed by atoms with Crippen molar-refractivity contribution in [2.24, 2.45) is 11.0 Å². The van der Waals surface area contributed by atoms with E-state index in [1.165, 1.54) is 5.01 Å². The van der Waals surface area contributed by atoms with E-state index in [9.17, 15) is 19.6 Å². The van der Waals surface area contributed by atoms with Gasteiger partial charge in [0.15, 0.2) is 11.7 Å². The Morgan fingerprint density at radius 1 is 1.09 bits per heavy atom. The predicted molar refractivity (Wildman–Crippen MR) is 122 cm³/mol. The first-order valence-electron chi connectivity index (χ1n) is 10.3. The number of H-pyrrole nitrogens is 1. The SMILES string of the molecule is Cc1ccc(C)c(N2N=C(C(=O)C(C#N)C(=O)c3c(C)[nH]c4ccccc34)CCC2=O)c1. The monoisotopic (exact) mass is 426 g/mol. The van der Waals surface area contributed by atoms with Crippen molar-refractivity contribution in [2.75, 3.05) is 5.01 Å². The molecule has 0 radical (unpaired) electrons. The average Bonchev–Trinajstić information content (AvgIpc) is 3.11. The first kappa shape index (κ1) is 21.2. The van der Waals surface area contributed by atoms with E-state index >= 15 is 0 Å². The third-order valence-corrected chi connectivity index (χ3v) is 5.70. The van der Waals surface area contributed by atoms with Crippen molar-refractivity contribution in [3.8, 4) is 6.07 Å². The summed E-state index contributed by atoms with van der Waals surface area (Å²) in [5.74, 6) is -2.99. The van der Waals surface area contributed by atoms with Crippen molar-refractivity contribution in [3.05, 3.63) is 64.8 Å². The Hall–Kier alpha value is -4.05. The summed E-state index contributed by atoms with van der Waals surface area (Å²) >= 11 is 0. The number of hydrogen-bond acceptors (Lipinski definition) is 5. The highest BCUT2D eigenvalue weighted by atomic mass is 16.2. The van der Waals surface area contributed by atoms with E-state index < -0.39 is 17.5 Å². The Balaban J connectivity index is 1.71. The van der Waals surface area contributed by atoms with Crippen LogP contribution in [0.25, 0.3) is 10.9 Å². The molecule has 3 aromatic rings. The number of carbonyl (C=O) groups is 3. The molecule has 0 aliphatic carbocycles. The second-order valence-electron chi connectivity index (χ2n) is 8.00. The van der Waals surface area contributed by atoms with Crippen molar-refractivity contribution in [1.29, 1.82) is 5.26 Å². The molecule has 0 fully saturated rings. The van der Waals surface area contributed by atoms with Crippen molar-refractivity contribution in [3.63, 3.8) is 0 Å². The van der Waals surface area contributed by atoms with Crippen molar-refractivity contribution < 1.29 is 14.4 Å². The maximum Gasteiger partial charge on any atom is 0.247 e. The third kappa shape index (κ3) is 3.60. The highest BCUT2D eigenvalue weighted by Gasteiger charge is 2.36. The second-order valence-corrected chi connectivity index (χ2v) is 8.00. The van der Waals surface area contributed by atoms with Crippen LogP contribution in [0.2, 0.25) is 0 Å². The molecule has 0 saturated carbocycles. The molecule has 0 spiro atoms. The fourth-order valence-corrected chi connectivity index (χ4v) is 4.01. The van der Waals surface area contributed by atoms with Gasteiger partial charge in [0.2, 0.25) is 11.7 Å². The molecule has 7 heteroatoms. The van der Waals surface area contributed by atoms with Crippen LogP contribution in [0.1, 0.15) is 40.0 Å². The van der Waals surface area contributed by atoms with E-state index in [4.69, 9.17) is 0 Å². The lowest BCUT2D eigenvalue weighted by molar-refractivity contribution is -0.118. The topological polar surface area (TPSA) is 106 Å². The van der Waals surface area contributed by atoms with Gasteiger partial charge in [-0.3, -0.25) is 14.4 Å². The molecular formula is C25H22N4O3. The molecule has 1 aromatic heterocycles. The number of ketones is 2. The van der Waals surface area contributed by atoms with E-state index in [2.05, 4.69) is 10.1 Å². The van der Waals surface area contributed by atoms with Crippen LogP contribution in [0.15, 0.2) is 47.6 Å². The molecule has 1 aliphatic heterocycles. The molecule has 1 unspecified atom stereocenters. The normalized spacial score (nSPS) is 14.8. The number of anilines is 1. The Bertz CT molecular complexity index is 1340. The number of rotatable bonds is 5. The van der Waals surface area contributed by atoms with E-state index in [-0.39, 0.29) is 24.5 Å². The number of nitrogens with zero attached hydrogens (tertiary/aromatic N) is 3. The molecule has 7 nitrogen and oxygen atoms in total. The Kier molecular flexibility index (Phi) is 5.45. The van der Waals surface area contributed by atoms with E-state index in [1.807, 2.05) is 50.2 Å². The Morgan fingerprint density at radius 2 is 1.84 bits per heavy atom. The number of nitriles is 1. The number of nitrogens with one attached hydrogen (secondary N) is 1. The van der Waals surface area contributed by atoms with E-state index in [0.717, 1.165) is 16.6 Å². The maximum absolute atomic E-state index is 13.3. The lowest BCUT2D eigenvalue weighted by Gasteiger charge is -2.25. The number of aromatic nitrogens is 1. The molecule has 32 heavy (non-hydrogen) atoms. The summed E-state index contributed by atoms with van der Waals surface area (Å²) in [6, 6.07) is 14.8. The summed E-state index contributed by atoms with van der Waals surface area (Å²) in [5, 5.41) is 15.9. The fraction of sp³-hybridized carbons (Fsp3) is 0.240. The smallest absolute Gasteiger partial charge is 0.247 e. The second kappa shape index (κ2) is 8.23. The predicted octanol–water partition coefficient (Wildman–Crippen LogP) is 4.17. The fourth-order valence-electron chi connectivity index (χ4n) is 4.01. The summed E-state index contributed by atoms with van der Waals surface area (Å²) in [4.78, 5) is 42.2. The van der Waals surface area contributed by atoms with Crippen LogP contribution in [0.4, 0.5) is 5.69 Å². The van der Waals surface area contributed by atoms with Gasteiger partial charge in [-0.2, -0.15) is 10.4 Å². The van der Waals surface area contributed by atoms with Gasteiger partial charge >= 0.3 is 0 Å². The number of aryl methyl sites for hydroxylation is 3. The standard InChI is InChI=1S/C25H22N4O3/c1-14-8-9-15(2)21(12-14)29-22(30)11-10-20(28-29)24(31)18(13-26)25(32)23-16(3)27-19-7-5-4-6-17(19)23/h4-9,12,18,27H,10-11H2,1-3H3. The number of Topliss-reactive ketones (excluding diaryl/α,β-unsaturated/α-hetero) is 2. The number of carbonyl (C=O) groups excluding carboxylic acids is 3. The van der Waals surface area contributed by atoms with Crippen LogP contribution in [-0.2, 0) is 9.59 Å². The average molecular weight is 426 g/mol. The molecule has 0 bridgehead atoms. The molecule has 1 amide bonds. The number of fused-ring (bicyclic) bond motifs is 1. The third-order valence-electron chi connectivity index (χ3n) is 5.70. The minimum absolute atomic E-state index is 0.0582. The molecule has 2 aromatic carbocycles. The number of benzene rings is 2. The molecule has 1 atom stereocenters. The van der Waals surface area contributed by atoms with Gasteiger partial charge in [0.05, 0.1) is 11.8 Å². The number of para-hydroxylation sites is 1. The van der Waals surface area contributed by atoms with Gasteiger partial charge in [0, 0.05) is 35.0 Å². The van der Waals surface area contributed by atoms with E-state index in [1.54, 1.807) is 19.1 Å². The first-order chi connectivity index (χ1) is 15.3. The number of aromatic amines is 1. The van der Waals surface area contributed by atoms with Crippen LogP contribution in [-0.4, -0.2) is 28.2 Å². The zero-order valence-corrected chi connectivity index (χ0v) is 18.1. The van der Waals surface area contributed by atoms with Gasteiger partial charge in [0.25, 0.3) is 0 Å².